The highest BCUT2D eigenvalue weighted by Gasteiger charge is 2.30. The molecule has 96 heavy (non-hydrogen) atoms. The van der Waals surface area contributed by atoms with Crippen molar-refractivity contribution >= 4 is 39.5 Å². The molecule has 0 bridgehead atoms. The zero-order valence-corrected chi connectivity index (χ0v) is 64.6. The van der Waals surface area contributed by atoms with Gasteiger partial charge in [-0.3, -0.25) is 37.3 Å². The third-order valence-corrected chi connectivity index (χ3v) is 20.5. The fraction of sp³-hybridized carbons (Fsp3) is 0.948. The first-order valence-electron chi connectivity index (χ1n) is 39.9. The van der Waals surface area contributed by atoms with E-state index < -0.39 is 97.5 Å². The molecule has 0 saturated carbocycles. The van der Waals surface area contributed by atoms with E-state index >= 15 is 0 Å². The molecule has 0 fully saturated rings. The van der Waals surface area contributed by atoms with E-state index in [9.17, 15) is 43.2 Å². The van der Waals surface area contributed by atoms with Crippen molar-refractivity contribution in [2.75, 3.05) is 39.6 Å². The van der Waals surface area contributed by atoms with Gasteiger partial charge in [0.1, 0.15) is 19.3 Å². The van der Waals surface area contributed by atoms with Crippen LogP contribution in [0.1, 0.15) is 395 Å². The molecule has 0 aliphatic rings. The van der Waals surface area contributed by atoms with E-state index in [1.54, 1.807) is 0 Å². The van der Waals surface area contributed by atoms with E-state index in [2.05, 4.69) is 48.5 Å². The van der Waals surface area contributed by atoms with E-state index in [0.29, 0.717) is 31.6 Å². The van der Waals surface area contributed by atoms with Crippen LogP contribution < -0.4 is 0 Å². The molecule has 17 nitrogen and oxygen atoms in total. The number of aliphatic hydroxyl groups is 1. The van der Waals surface area contributed by atoms with Gasteiger partial charge in [0, 0.05) is 25.7 Å². The maximum Gasteiger partial charge on any atom is 0.472 e. The number of unbranched alkanes of at least 4 members (excludes halogenated alkanes) is 41. The van der Waals surface area contributed by atoms with E-state index in [0.717, 1.165) is 108 Å². The molecule has 0 rings (SSSR count). The van der Waals surface area contributed by atoms with Crippen molar-refractivity contribution in [2.45, 2.75) is 414 Å². The second kappa shape index (κ2) is 67.5. The first-order valence-corrected chi connectivity index (χ1v) is 42.9. The molecule has 0 saturated heterocycles. The summed E-state index contributed by atoms with van der Waals surface area (Å²) < 4.78 is 68.5. The summed E-state index contributed by atoms with van der Waals surface area (Å²) in [6.45, 7) is 11.8. The highest BCUT2D eigenvalue weighted by molar-refractivity contribution is 7.47. The number of carbonyl (C=O) groups excluding carboxylic acids is 4. The lowest BCUT2D eigenvalue weighted by molar-refractivity contribution is -0.161. The van der Waals surface area contributed by atoms with Gasteiger partial charge < -0.3 is 33.8 Å². The first-order chi connectivity index (χ1) is 46.3. The van der Waals surface area contributed by atoms with Crippen molar-refractivity contribution in [2.24, 2.45) is 17.8 Å². The Bertz CT molecular complexity index is 1870. The third kappa shape index (κ3) is 67.9. The van der Waals surface area contributed by atoms with Gasteiger partial charge in [0.25, 0.3) is 0 Å². The highest BCUT2D eigenvalue weighted by Crippen LogP contribution is 2.45. The molecular weight excluding hydrogens is 1260 g/mol. The van der Waals surface area contributed by atoms with Gasteiger partial charge >= 0.3 is 39.5 Å². The molecule has 0 aromatic heterocycles. The van der Waals surface area contributed by atoms with Crippen LogP contribution >= 0.6 is 15.6 Å². The van der Waals surface area contributed by atoms with Crippen molar-refractivity contribution in [1.82, 2.24) is 0 Å². The molecule has 570 valence electrons. The monoisotopic (exact) mass is 1410 g/mol. The quantitative estimate of drug-likeness (QED) is 0.0222. The van der Waals surface area contributed by atoms with Crippen LogP contribution in [-0.4, -0.2) is 96.7 Å². The van der Waals surface area contributed by atoms with Crippen LogP contribution in [0.15, 0.2) is 0 Å². The van der Waals surface area contributed by atoms with Crippen LogP contribution in [0.5, 0.6) is 0 Å². The number of aliphatic hydroxyl groups excluding tert-OH is 1. The van der Waals surface area contributed by atoms with Crippen LogP contribution in [0, 0.1) is 17.8 Å². The van der Waals surface area contributed by atoms with Crippen LogP contribution in [0.3, 0.4) is 0 Å². The molecule has 0 spiro atoms. The molecule has 0 aromatic rings. The Morgan fingerprint density at radius 3 is 0.792 bits per heavy atom. The van der Waals surface area contributed by atoms with Crippen molar-refractivity contribution in [3.63, 3.8) is 0 Å². The maximum absolute atomic E-state index is 13.1. The van der Waals surface area contributed by atoms with E-state index in [-0.39, 0.29) is 25.7 Å². The summed E-state index contributed by atoms with van der Waals surface area (Å²) in [5.74, 6) is 0.113. The number of esters is 4. The van der Waals surface area contributed by atoms with Crippen LogP contribution in [0.4, 0.5) is 0 Å². The van der Waals surface area contributed by atoms with Gasteiger partial charge in [-0.25, -0.2) is 9.13 Å². The molecule has 0 aromatic carbocycles. The maximum atomic E-state index is 13.1. The van der Waals surface area contributed by atoms with Crippen molar-refractivity contribution in [3.8, 4) is 0 Å². The highest BCUT2D eigenvalue weighted by atomic mass is 31.2. The first kappa shape index (κ1) is 94.1. The number of phosphoric ester groups is 2. The van der Waals surface area contributed by atoms with Crippen LogP contribution in [-0.2, 0) is 65.4 Å². The fourth-order valence-corrected chi connectivity index (χ4v) is 13.3. The average molecular weight is 1410 g/mol. The summed E-state index contributed by atoms with van der Waals surface area (Å²) in [4.78, 5) is 72.8. The molecule has 0 heterocycles. The Morgan fingerprint density at radius 1 is 0.302 bits per heavy atom. The van der Waals surface area contributed by atoms with Crippen molar-refractivity contribution in [1.29, 1.82) is 0 Å². The largest absolute Gasteiger partial charge is 0.472 e. The lowest BCUT2D eigenvalue weighted by Gasteiger charge is -2.21. The topological polar surface area (TPSA) is 237 Å². The molecule has 0 aliphatic carbocycles. The summed E-state index contributed by atoms with van der Waals surface area (Å²) in [5, 5.41) is 10.6. The number of hydrogen-bond donors (Lipinski definition) is 3. The Hall–Kier alpha value is -1.94. The lowest BCUT2D eigenvalue weighted by atomic mass is 9.99. The third-order valence-electron chi connectivity index (χ3n) is 18.6. The molecule has 0 aliphatic heterocycles. The standard InChI is InChI=1S/C77H150O17P2/c1-8-11-12-13-14-15-16-17-18-19-20-21-22-23-24-25-26-27-32-37-46-53-60-76(81)93-72(64-87-74(79)58-51-44-36-31-29-28-30-35-42-49-56-69(6)9-2)66-91-95(83,84)89-62-71(78)63-90-96(85,86)92-67-73(94-77(82)61-54-47-38-33-34-41-48-55-68(4)5)65-88-75(80)59-52-45-40-39-43-50-57-70(7)10-3/h68-73,78H,8-67H2,1-7H3,(H,83,84)(H,85,86)/t69?,70?,71-,72-,73-/m1/s1. The number of phosphoric acid groups is 2. The smallest absolute Gasteiger partial charge is 0.462 e. The molecule has 0 amide bonds. The Kier molecular flexibility index (Phi) is 66.2. The number of hydrogen-bond acceptors (Lipinski definition) is 15. The molecule has 3 N–H and O–H groups in total. The number of ether oxygens (including phenoxy) is 4. The van der Waals surface area contributed by atoms with Gasteiger partial charge in [0.15, 0.2) is 12.2 Å². The van der Waals surface area contributed by atoms with Gasteiger partial charge in [-0.2, -0.15) is 0 Å². The van der Waals surface area contributed by atoms with Crippen molar-refractivity contribution in [3.05, 3.63) is 0 Å². The second-order valence-electron chi connectivity index (χ2n) is 28.7. The minimum Gasteiger partial charge on any atom is -0.462 e. The zero-order valence-electron chi connectivity index (χ0n) is 62.8. The van der Waals surface area contributed by atoms with Gasteiger partial charge in [-0.15, -0.1) is 0 Å². The van der Waals surface area contributed by atoms with Crippen molar-refractivity contribution < 1.29 is 80.2 Å². The molecule has 19 heteroatoms. The number of rotatable bonds is 75. The second-order valence-corrected chi connectivity index (χ2v) is 31.6. The average Bonchev–Trinajstić information content (AvgIpc) is 1.15. The normalized spacial score (nSPS) is 14.6. The van der Waals surface area contributed by atoms with Gasteiger partial charge in [-0.1, -0.05) is 344 Å². The Morgan fingerprint density at radius 2 is 0.531 bits per heavy atom. The predicted molar refractivity (Wildman–Crippen MR) is 391 cm³/mol. The van der Waals surface area contributed by atoms with E-state index in [1.807, 2.05) is 0 Å². The number of carbonyl (C=O) groups is 4. The van der Waals surface area contributed by atoms with Crippen LogP contribution in [0.2, 0.25) is 0 Å². The minimum absolute atomic E-state index is 0.102. The summed E-state index contributed by atoms with van der Waals surface area (Å²) >= 11 is 0. The van der Waals surface area contributed by atoms with E-state index in [1.165, 1.54) is 199 Å². The molecular formula is C77H150O17P2. The summed E-state index contributed by atoms with van der Waals surface area (Å²) in [6, 6.07) is 0. The Labute approximate surface area is 588 Å². The fourth-order valence-electron chi connectivity index (χ4n) is 11.7. The van der Waals surface area contributed by atoms with Gasteiger partial charge in [0.2, 0.25) is 0 Å². The molecule has 4 unspecified atom stereocenters. The zero-order chi connectivity index (χ0) is 70.9. The van der Waals surface area contributed by atoms with E-state index in [4.69, 9.17) is 37.0 Å². The SMILES string of the molecule is CCCCCCCCCCCCCCCCCCCCCCCCC(=O)O[C@H](COC(=O)CCCCCCCCCCCCC(C)CC)COP(=O)(O)OC[C@@H](O)COP(=O)(O)OC[C@@H](COC(=O)CCCCCCCCC(C)CC)OC(=O)CCCCCCCCCC(C)C. The lowest BCUT2D eigenvalue weighted by Crippen LogP contribution is -2.30. The summed E-state index contributed by atoms with van der Waals surface area (Å²) in [7, 11) is -9.91. The summed E-state index contributed by atoms with van der Waals surface area (Å²) in [6.07, 6.45) is 54.4. The molecule has 0 radical (unpaired) electrons. The van der Waals surface area contributed by atoms with Gasteiger partial charge in [0.05, 0.1) is 26.4 Å². The predicted octanol–water partition coefficient (Wildman–Crippen LogP) is 22.6. The summed E-state index contributed by atoms with van der Waals surface area (Å²) in [5.41, 5.74) is 0. The minimum atomic E-state index is -4.96. The molecule has 7 atom stereocenters. The van der Waals surface area contributed by atoms with Gasteiger partial charge in [-0.05, 0) is 43.4 Å². The Balaban J connectivity index is 5.19. The van der Waals surface area contributed by atoms with Crippen LogP contribution in [0.25, 0.3) is 0 Å².